The molecule has 4 amide bonds. The highest BCUT2D eigenvalue weighted by Gasteiger charge is 2.38. The van der Waals surface area contributed by atoms with E-state index >= 15 is 0 Å². The van der Waals surface area contributed by atoms with Crippen LogP contribution in [0.2, 0.25) is 10.0 Å². The van der Waals surface area contributed by atoms with Crippen LogP contribution in [0.15, 0.2) is 114 Å². The maximum atomic E-state index is 14.4. The minimum absolute atomic E-state index is 0.0425. The van der Waals surface area contributed by atoms with Crippen molar-refractivity contribution in [3.05, 3.63) is 136 Å². The van der Waals surface area contributed by atoms with E-state index in [1.54, 1.807) is 42.5 Å². The molecule has 2 atom stereocenters. The number of aryl methyl sites for hydroxylation is 2. The van der Waals surface area contributed by atoms with Crippen LogP contribution in [0.4, 0.5) is 11.4 Å². The highest BCUT2D eigenvalue weighted by Crippen LogP contribution is 2.36. The number of benzene rings is 4. The molecular weight excluding hydrogens is 773 g/mol. The van der Waals surface area contributed by atoms with E-state index in [0.29, 0.717) is 18.5 Å². The lowest BCUT2D eigenvalue weighted by atomic mass is 10.1. The number of nitrogens with one attached hydrogen (secondary N) is 2. The predicted molar refractivity (Wildman–Crippen MR) is 213 cm³/mol. The minimum atomic E-state index is -1.66. The standard InChI is InChI=1S/C42H37Cl2N5O8/c43-28-14-9-15-29(44)39(28)34-23-45-41(57-34)40(55)30(22-38(53)54)46-36(51)25-49-33-17-8-7-16-32(33)48(37(52)21-19-27-12-5-2-6-13-27)24-31(42(49)56)47-35(50)20-18-26-10-3-1-4-11-26/h1-17,23,30-31H,18-22,24-25H2,(H,46,51)(H,47,50)(H,53,54)/t30-,31-/m0/s1. The molecule has 57 heavy (non-hydrogen) atoms. The van der Waals surface area contributed by atoms with Crippen LogP contribution in [-0.2, 0) is 36.8 Å². The first-order valence-corrected chi connectivity index (χ1v) is 18.8. The maximum Gasteiger partial charge on any atom is 0.305 e. The first-order chi connectivity index (χ1) is 27.5. The monoisotopic (exact) mass is 809 g/mol. The number of carboxylic acids is 1. The molecule has 1 aliphatic rings. The molecule has 1 aliphatic heterocycles. The number of carbonyl (C=O) groups is 6. The summed E-state index contributed by atoms with van der Waals surface area (Å²) in [7, 11) is 0. The van der Waals surface area contributed by atoms with Gasteiger partial charge in [-0.15, -0.1) is 0 Å². The van der Waals surface area contributed by atoms with E-state index in [1.165, 1.54) is 11.1 Å². The summed E-state index contributed by atoms with van der Waals surface area (Å²) in [6, 6.07) is 27.1. The lowest BCUT2D eigenvalue weighted by molar-refractivity contribution is -0.137. The van der Waals surface area contributed by atoms with Gasteiger partial charge in [0.05, 0.1) is 46.1 Å². The van der Waals surface area contributed by atoms with E-state index in [2.05, 4.69) is 15.6 Å². The highest BCUT2D eigenvalue weighted by atomic mass is 35.5. The molecule has 0 aliphatic carbocycles. The van der Waals surface area contributed by atoms with E-state index in [0.717, 1.165) is 16.0 Å². The quantitative estimate of drug-likeness (QED) is 0.108. The van der Waals surface area contributed by atoms with Crippen LogP contribution < -0.4 is 20.4 Å². The number of nitrogens with zero attached hydrogens (tertiary/aromatic N) is 3. The van der Waals surface area contributed by atoms with Gasteiger partial charge in [0, 0.05) is 12.8 Å². The Kier molecular flexibility index (Phi) is 13.1. The molecule has 0 bridgehead atoms. The van der Waals surface area contributed by atoms with E-state index in [1.807, 2.05) is 60.7 Å². The summed E-state index contributed by atoms with van der Waals surface area (Å²) in [4.78, 5) is 87.5. The lowest BCUT2D eigenvalue weighted by Gasteiger charge is -2.26. The third kappa shape index (κ3) is 10.1. The number of anilines is 2. The summed E-state index contributed by atoms with van der Waals surface area (Å²) < 4.78 is 5.63. The number of amides is 4. The van der Waals surface area contributed by atoms with Gasteiger partial charge in [-0.1, -0.05) is 102 Å². The van der Waals surface area contributed by atoms with Crippen LogP contribution in [0.25, 0.3) is 11.3 Å². The predicted octanol–water partition coefficient (Wildman–Crippen LogP) is 5.92. The van der Waals surface area contributed by atoms with Crippen LogP contribution >= 0.6 is 23.2 Å². The fourth-order valence-electron chi connectivity index (χ4n) is 6.45. The summed E-state index contributed by atoms with van der Waals surface area (Å²) in [5, 5.41) is 15.3. The number of carboxylic acid groups (broad SMARTS) is 1. The fraction of sp³-hybridized carbons (Fsp3) is 0.214. The van der Waals surface area contributed by atoms with Crippen molar-refractivity contribution in [2.45, 2.75) is 44.2 Å². The van der Waals surface area contributed by atoms with Gasteiger partial charge in [0.15, 0.2) is 5.76 Å². The maximum absolute atomic E-state index is 14.4. The second-order valence-corrected chi connectivity index (χ2v) is 14.0. The molecule has 0 fully saturated rings. The molecule has 5 aromatic rings. The second kappa shape index (κ2) is 18.5. The Bertz CT molecular complexity index is 2260. The molecule has 6 rings (SSSR count). The molecule has 0 saturated heterocycles. The Labute approximate surface area is 337 Å². The summed E-state index contributed by atoms with van der Waals surface area (Å²) >= 11 is 12.6. The summed E-state index contributed by atoms with van der Waals surface area (Å²) in [6.45, 7) is -0.922. The first-order valence-electron chi connectivity index (χ1n) is 18.0. The van der Waals surface area contributed by atoms with Gasteiger partial charge in [0.25, 0.3) is 11.8 Å². The van der Waals surface area contributed by atoms with Gasteiger partial charge in [0.2, 0.25) is 23.5 Å². The van der Waals surface area contributed by atoms with Gasteiger partial charge in [0.1, 0.15) is 18.6 Å². The zero-order valence-electron chi connectivity index (χ0n) is 30.4. The van der Waals surface area contributed by atoms with Crippen LogP contribution in [-0.4, -0.2) is 70.6 Å². The Balaban J connectivity index is 1.25. The van der Waals surface area contributed by atoms with Gasteiger partial charge >= 0.3 is 5.97 Å². The molecule has 2 heterocycles. The van der Waals surface area contributed by atoms with Crippen molar-refractivity contribution in [2.75, 3.05) is 22.9 Å². The number of para-hydroxylation sites is 2. The number of Topliss-reactive ketones (excluding diaryl/α,β-unsaturated/α-hetero) is 1. The number of rotatable bonds is 15. The van der Waals surface area contributed by atoms with Crippen molar-refractivity contribution in [3.63, 3.8) is 0 Å². The van der Waals surface area contributed by atoms with Crippen molar-refractivity contribution in [3.8, 4) is 11.3 Å². The van der Waals surface area contributed by atoms with Crippen LogP contribution in [0.1, 0.15) is 41.1 Å². The minimum Gasteiger partial charge on any atom is -0.481 e. The number of aliphatic carboxylic acids is 1. The molecule has 4 aromatic carbocycles. The topological polar surface area (TPSA) is 179 Å². The van der Waals surface area contributed by atoms with Gasteiger partial charge in [-0.2, -0.15) is 0 Å². The van der Waals surface area contributed by atoms with Crippen molar-refractivity contribution in [2.24, 2.45) is 0 Å². The molecule has 13 nitrogen and oxygen atoms in total. The van der Waals surface area contributed by atoms with E-state index in [-0.39, 0.29) is 52.3 Å². The average Bonchev–Trinajstić information content (AvgIpc) is 3.65. The number of aromatic nitrogens is 1. The second-order valence-electron chi connectivity index (χ2n) is 13.2. The number of halogens is 2. The van der Waals surface area contributed by atoms with Gasteiger partial charge in [-0.05, 0) is 48.2 Å². The molecule has 3 N–H and O–H groups in total. The summed E-state index contributed by atoms with van der Waals surface area (Å²) in [5.74, 6) is -5.19. The number of ketones is 1. The molecule has 0 spiro atoms. The molecule has 0 unspecified atom stereocenters. The van der Waals surface area contributed by atoms with Crippen molar-refractivity contribution in [1.82, 2.24) is 15.6 Å². The Morgan fingerprint density at radius 1 is 0.789 bits per heavy atom. The van der Waals surface area contributed by atoms with Crippen molar-refractivity contribution < 1.29 is 38.3 Å². The molecule has 0 radical (unpaired) electrons. The number of hydrogen-bond donors (Lipinski definition) is 3. The van der Waals surface area contributed by atoms with E-state index in [4.69, 9.17) is 27.6 Å². The molecule has 292 valence electrons. The fourth-order valence-corrected chi connectivity index (χ4v) is 7.03. The first kappa shape index (κ1) is 40.4. The zero-order valence-corrected chi connectivity index (χ0v) is 31.9. The summed E-state index contributed by atoms with van der Waals surface area (Å²) in [6.07, 6.45) is 1.32. The number of fused-ring (bicyclic) bond motifs is 1. The van der Waals surface area contributed by atoms with Gasteiger partial charge < -0.3 is 25.1 Å². The third-order valence-corrected chi connectivity index (χ3v) is 9.87. The number of hydrogen-bond acceptors (Lipinski definition) is 8. The molecule has 15 heteroatoms. The van der Waals surface area contributed by atoms with Crippen LogP contribution in [0, 0.1) is 0 Å². The SMILES string of the molecule is O=C(O)C[C@H](NC(=O)CN1C(=O)[C@@H](NC(=O)CCc2ccccc2)CN(C(=O)CCc2ccccc2)c2ccccc21)C(=O)c1ncc(-c2c(Cl)cccc2Cl)o1. The Morgan fingerprint density at radius 2 is 1.39 bits per heavy atom. The van der Waals surface area contributed by atoms with Crippen molar-refractivity contribution >= 4 is 70.0 Å². The van der Waals surface area contributed by atoms with Gasteiger partial charge in [-0.25, -0.2) is 4.98 Å². The molecular formula is C42H37Cl2N5O8. The van der Waals surface area contributed by atoms with Crippen LogP contribution in [0.5, 0.6) is 0 Å². The lowest BCUT2D eigenvalue weighted by Crippen LogP contribution is -2.55. The normalized spacial score (nSPS) is 14.3. The highest BCUT2D eigenvalue weighted by molar-refractivity contribution is 6.39. The van der Waals surface area contributed by atoms with Crippen LogP contribution in [0.3, 0.4) is 0 Å². The summed E-state index contributed by atoms with van der Waals surface area (Å²) in [5.41, 5.74) is 2.64. The number of oxazole rings is 1. The smallest absolute Gasteiger partial charge is 0.305 e. The van der Waals surface area contributed by atoms with E-state index in [9.17, 15) is 33.9 Å². The average molecular weight is 811 g/mol. The number of carbonyl (C=O) groups excluding carboxylic acids is 5. The molecule has 1 aromatic heterocycles. The Morgan fingerprint density at radius 3 is 2.02 bits per heavy atom. The molecule has 0 saturated carbocycles. The zero-order chi connectivity index (χ0) is 40.5. The van der Waals surface area contributed by atoms with Crippen molar-refractivity contribution in [1.29, 1.82) is 0 Å². The van der Waals surface area contributed by atoms with Gasteiger partial charge in [-0.3, -0.25) is 33.7 Å². The Hall–Kier alpha value is -6.31. The van der Waals surface area contributed by atoms with E-state index < -0.39 is 60.4 Å². The largest absolute Gasteiger partial charge is 0.481 e. The third-order valence-electron chi connectivity index (χ3n) is 9.24.